The Bertz CT molecular complexity index is 183. The van der Waals surface area contributed by atoms with Crippen molar-refractivity contribution in [3.63, 3.8) is 0 Å². The number of aliphatic hydroxyl groups is 1. The zero-order valence-electron chi connectivity index (χ0n) is 8.12. The fourth-order valence-electron chi connectivity index (χ4n) is 2.30. The van der Waals surface area contributed by atoms with Crippen molar-refractivity contribution in [3.05, 3.63) is 0 Å². The summed E-state index contributed by atoms with van der Waals surface area (Å²) in [6.07, 6.45) is 4.86. The lowest BCUT2D eigenvalue weighted by Crippen LogP contribution is -2.43. The summed E-state index contributed by atoms with van der Waals surface area (Å²) in [5.74, 6) is -1.43. The number of rotatable bonds is 3. The first-order valence-electron chi connectivity index (χ1n) is 5.05. The highest BCUT2D eigenvalue weighted by atomic mass is 16.4. The predicted molar refractivity (Wildman–Crippen MR) is 49.5 cm³/mol. The van der Waals surface area contributed by atoms with E-state index in [4.69, 9.17) is 5.11 Å². The maximum atomic E-state index is 10.9. The molecule has 1 aliphatic rings. The standard InChI is InChI=1S/C10H18O3/c1-2-8(9(11)12)10(13)6-4-3-5-7-10/h8,13H,2-7H2,1H3,(H,11,12)/t8-/m1/s1. The maximum absolute atomic E-state index is 10.9. The molecule has 0 radical (unpaired) electrons. The van der Waals surface area contributed by atoms with Gasteiger partial charge in [0.15, 0.2) is 0 Å². The summed E-state index contributed by atoms with van der Waals surface area (Å²) < 4.78 is 0. The van der Waals surface area contributed by atoms with Crippen LogP contribution in [0.2, 0.25) is 0 Å². The highest BCUT2D eigenvalue weighted by Crippen LogP contribution is 2.35. The molecule has 3 heteroatoms. The molecule has 1 rings (SSSR count). The third-order valence-corrected chi connectivity index (χ3v) is 3.07. The van der Waals surface area contributed by atoms with Crippen molar-refractivity contribution in [1.82, 2.24) is 0 Å². The molecule has 0 spiro atoms. The Labute approximate surface area is 78.8 Å². The van der Waals surface area contributed by atoms with Crippen molar-refractivity contribution in [1.29, 1.82) is 0 Å². The van der Waals surface area contributed by atoms with Gasteiger partial charge in [-0.2, -0.15) is 0 Å². The molecule has 1 fully saturated rings. The summed E-state index contributed by atoms with van der Waals surface area (Å²) in [5.41, 5.74) is -0.932. The lowest BCUT2D eigenvalue weighted by molar-refractivity contribution is -0.155. The highest BCUT2D eigenvalue weighted by Gasteiger charge is 2.40. The van der Waals surface area contributed by atoms with Crippen LogP contribution in [0.3, 0.4) is 0 Å². The zero-order valence-corrected chi connectivity index (χ0v) is 8.12. The average Bonchev–Trinajstić information content (AvgIpc) is 2.05. The molecule has 0 aromatic heterocycles. The molecule has 0 bridgehead atoms. The number of hydrogen-bond acceptors (Lipinski definition) is 2. The smallest absolute Gasteiger partial charge is 0.309 e. The van der Waals surface area contributed by atoms with Crippen LogP contribution in [0.15, 0.2) is 0 Å². The van der Waals surface area contributed by atoms with Gasteiger partial charge in [-0.05, 0) is 19.3 Å². The number of hydrogen-bond donors (Lipinski definition) is 2. The molecule has 0 aromatic rings. The van der Waals surface area contributed by atoms with Gasteiger partial charge in [0.05, 0.1) is 11.5 Å². The number of carboxylic acids is 1. The Balaban J connectivity index is 2.68. The lowest BCUT2D eigenvalue weighted by Gasteiger charge is -2.36. The minimum Gasteiger partial charge on any atom is -0.481 e. The van der Waals surface area contributed by atoms with Crippen molar-refractivity contribution >= 4 is 5.97 Å². The molecule has 0 saturated heterocycles. The summed E-state index contributed by atoms with van der Waals surface area (Å²) in [5, 5.41) is 19.1. The van der Waals surface area contributed by atoms with E-state index in [2.05, 4.69) is 0 Å². The second-order valence-electron chi connectivity index (χ2n) is 3.96. The van der Waals surface area contributed by atoms with E-state index in [1.54, 1.807) is 0 Å². The Hall–Kier alpha value is -0.570. The average molecular weight is 186 g/mol. The molecule has 3 nitrogen and oxygen atoms in total. The van der Waals surface area contributed by atoms with Gasteiger partial charge < -0.3 is 10.2 Å². The van der Waals surface area contributed by atoms with Crippen LogP contribution in [0.1, 0.15) is 45.4 Å². The third kappa shape index (κ3) is 2.21. The highest BCUT2D eigenvalue weighted by molar-refractivity contribution is 5.71. The molecule has 0 aromatic carbocycles. The predicted octanol–water partition coefficient (Wildman–Crippen LogP) is 1.79. The first-order chi connectivity index (χ1) is 6.10. The van der Waals surface area contributed by atoms with Crippen LogP contribution >= 0.6 is 0 Å². The van der Waals surface area contributed by atoms with Crippen molar-refractivity contribution < 1.29 is 15.0 Å². The van der Waals surface area contributed by atoms with Crippen molar-refractivity contribution in [2.75, 3.05) is 0 Å². The molecule has 2 N–H and O–H groups in total. The van der Waals surface area contributed by atoms with Gasteiger partial charge in [0.1, 0.15) is 0 Å². The van der Waals surface area contributed by atoms with Gasteiger partial charge in [0.2, 0.25) is 0 Å². The van der Waals surface area contributed by atoms with E-state index in [9.17, 15) is 9.90 Å². The van der Waals surface area contributed by atoms with E-state index in [0.29, 0.717) is 19.3 Å². The Morgan fingerprint density at radius 1 is 1.38 bits per heavy atom. The maximum Gasteiger partial charge on any atom is 0.309 e. The van der Waals surface area contributed by atoms with E-state index < -0.39 is 17.5 Å². The molecule has 0 amide bonds. The monoisotopic (exact) mass is 186 g/mol. The van der Waals surface area contributed by atoms with Gasteiger partial charge in [-0.1, -0.05) is 26.2 Å². The first kappa shape index (κ1) is 10.5. The van der Waals surface area contributed by atoms with Gasteiger partial charge in [-0.15, -0.1) is 0 Å². The second-order valence-corrected chi connectivity index (χ2v) is 3.96. The molecular formula is C10H18O3. The molecule has 0 unspecified atom stereocenters. The Kier molecular flexibility index (Phi) is 3.31. The topological polar surface area (TPSA) is 57.5 Å². The first-order valence-corrected chi connectivity index (χ1v) is 5.05. The normalized spacial score (nSPS) is 23.8. The molecular weight excluding hydrogens is 168 g/mol. The largest absolute Gasteiger partial charge is 0.481 e. The van der Waals surface area contributed by atoms with Crippen molar-refractivity contribution in [2.45, 2.75) is 51.0 Å². The number of carboxylic acid groups (broad SMARTS) is 1. The molecule has 0 heterocycles. The van der Waals surface area contributed by atoms with Crippen molar-refractivity contribution in [3.8, 4) is 0 Å². The third-order valence-electron chi connectivity index (χ3n) is 3.07. The molecule has 0 aliphatic heterocycles. The van der Waals surface area contributed by atoms with E-state index >= 15 is 0 Å². The van der Waals surface area contributed by atoms with Crippen LogP contribution in [-0.4, -0.2) is 21.8 Å². The molecule has 1 saturated carbocycles. The quantitative estimate of drug-likeness (QED) is 0.706. The van der Waals surface area contributed by atoms with Gasteiger partial charge in [-0.25, -0.2) is 0 Å². The van der Waals surface area contributed by atoms with E-state index in [-0.39, 0.29) is 0 Å². The summed E-state index contributed by atoms with van der Waals surface area (Å²) in [7, 11) is 0. The van der Waals surface area contributed by atoms with E-state index in [1.165, 1.54) is 0 Å². The SMILES string of the molecule is CC[C@H](C(=O)O)C1(O)CCCCC1. The van der Waals surface area contributed by atoms with Gasteiger partial charge >= 0.3 is 5.97 Å². The molecule has 13 heavy (non-hydrogen) atoms. The van der Waals surface area contributed by atoms with Crippen LogP contribution in [0.25, 0.3) is 0 Å². The Morgan fingerprint density at radius 3 is 2.31 bits per heavy atom. The second kappa shape index (κ2) is 4.09. The molecule has 1 atom stereocenters. The van der Waals surface area contributed by atoms with Crippen LogP contribution in [0.4, 0.5) is 0 Å². The van der Waals surface area contributed by atoms with E-state index in [1.807, 2.05) is 6.92 Å². The van der Waals surface area contributed by atoms with Crippen LogP contribution in [0, 0.1) is 5.92 Å². The number of carbonyl (C=O) groups is 1. The summed E-state index contributed by atoms with van der Waals surface area (Å²) in [4.78, 5) is 10.9. The zero-order chi connectivity index (χ0) is 9.90. The van der Waals surface area contributed by atoms with Crippen LogP contribution < -0.4 is 0 Å². The van der Waals surface area contributed by atoms with Gasteiger partial charge in [0, 0.05) is 0 Å². The minimum atomic E-state index is -0.932. The summed E-state index contributed by atoms with van der Waals surface area (Å²) in [6.45, 7) is 1.82. The fraction of sp³-hybridized carbons (Fsp3) is 0.900. The van der Waals surface area contributed by atoms with Crippen molar-refractivity contribution in [2.24, 2.45) is 5.92 Å². The Morgan fingerprint density at radius 2 is 1.92 bits per heavy atom. The molecule has 76 valence electrons. The number of aliphatic carboxylic acids is 1. The van der Waals surface area contributed by atoms with E-state index in [0.717, 1.165) is 19.3 Å². The van der Waals surface area contributed by atoms with Gasteiger partial charge in [0.25, 0.3) is 0 Å². The summed E-state index contributed by atoms with van der Waals surface area (Å²) >= 11 is 0. The molecule has 1 aliphatic carbocycles. The lowest BCUT2D eigenvalue weighted by atomic mass is 9.74. The summed E-state index contributed by atoms with van der Waals surface area (Å²) in [6, 6.07) is 0. The minimum absolute atomic E-state index is 0.520. The van der Waals surface area contributed by atoms with Gasteiger partial charge in [-0.3, -0.25) is 4.79 Å². The van der Waals surface area contributed by atoms with Crippen LogP contribution in [-0.2, 0) is 4.79 Å². The fourth-order valence-corrected chi connectivity index (χ4v) is 2.30. The van der Waals surface area contributed by atoms with Crippen LogP contribution in [0.5, 0.6) is 0 Å².